The molecule has 0 saturated carbocycles. The number of hydrogen-bond donors (Lipinski definition) is 2. The lowest BCUT2D eigenvalue weighted by molar-refractivity contribution is -0.151. The lowest BCUT2D eigenvalue weighted by atomic mass is 10.0. The molecule has 1 fully saturated rings. The summed E-state index contributed by atoms with van der Waals surface area (Å²) in [5, 5.41) is 5.35. The summed E-state index contributed by atoms with van der Waals surface area (Å²) in [6, 6.07) is 7.80. The van der Waals surface area contributed by atoms with E-state index in [1.54, 1.807) is 44.2 Å². The van der Waals surface area contributed by atoms with Crippen LogP contribution in [-0.4, -0.2) is 49.7 Å². The molecule has 0 spiro atoms. The van der Waals surface area contributed by atoms with Crippen molar-refractivity contribution in [2.75, 3.05) is 19.8 Å². The molecule has 1 aliphatic heterocycles. The molecule has 1 aromatic carbocycles. The lowest BCUT2D eigenvalue weighted by Gasteiger charge is -2.21. The summed E-state index contributed by atoms with van der Waals surface area (Å²) in [6.45, 7) is 4.35. The van der Waals surface area contributed by atoms with Gasteiger partial charge in [0.15, 0.2) is 6.61 Å². The Morgan fingerprint density at radius 3 is 2.58 bits per heavy atom. The summed E-state index contributed by atoms with van der Waals surface area (Å²) in [4.78, 5) is 36.3. The monoisotopic (exact) mass is 362 g/mol. The van der Waals surface area contributed by atoms with Gasteiger partial charge in [-0.2, -0.15) is 0 Å². The highest BCUT2D eigenvalue weighted by atomic mass is 16.5. The maximum Gasteiger partial charge on any atom is 0.329 e. The largest absolute Gasteiger partial charge is 0.454 e. The molecule has 0 unspecified atom stereocenters. The van der Waals surface area contributed by atoms with Gasteiger partial charge in [-0.25, -0.2) is 4.79 Å². The first-order chi connectivity index (χ1) is 12.5. The van der Waals surface area contributed by atoms with Crippen LogP contribution in [0.4, 0.5) is 0 Å². The predicted octanol–water partition coefficient (Wildman–Crippen LogP) is 1.28. The van der Waals surface area contributed by atoms with E-state index in [9.17, 15) is 14.4 Å². The van der Waals surface area contributed by atoms with Crippen LogP contribution in [0.2, 0.25) is 0 Å². The fraction of sp³-hybridized carbons (Fsp3) is 0.526. The maximum absolute atomic E-state index is 12.3. The van der Waals surface area contributed by atoms with Gasteiger partial charge in [0.05, 0.1) is 6.10 Å². The standard InChI is InChI=1S/C19H26N2O5/c1-13(2)17(21-18(23)14-7-4-3-5-8-14)19(24)26-12-16(22)20-11-15-9-6-10-25-15/h3-5,7-8,13,15,17H,6,9-12H2,1-2H3,(H,20,22)(H,21,23)/t15-,17+/m1/s1. The van der Waals surface area contributed by atoms with Crippen molar-refractivity contribution in [1.29, 1.82) is 0 Å². The molecule has 0 aromatic heterocycles. The third-order valence-corrected chi connectivity index (χ3v) is 4.14. The summed E-state index contributed by atoms with van der Waals surface area (Å²) in [7, 11) is 0. The van der Waals surface area contributed by atoms with Gasteiger partial charge in [-0.1, -0.05) is 32.0 Å². The highest BCUT2D eigenvalue weighted by molar-refractivity contribution is 5.97. The van der Waals surface area contributed by atoms with E-state index in [4.69, 9.17) is 9.47 Å². The molecule has 7 nitrogen and oxygen atoms in total. The van der Waals surface area contributed by atoms with Crippen LogP contribution in [-0.2, 0) is 19.1 Å². The molecule has 26 heavy (non-hydrogen) atoms. The Hall–Kier alpha value is -2.41. The van der Waals surface area contributed by atoms with E-state index in [0.717, 1.165) is 12.8 Å². The van der Waals surface area contributed by atoms with Crippen LogP contribution in [0.5, 0.6) is 0 Å². The van der Waals surface area contributed by atoms with Crippen molar-refractivity contribution in [3.63, 3.8) is 0 Å². The van der Waals surface area contributed by atoms with Crippen molar-refractivity contribution in [3.8, 4) is 0 Å². The maximum atomic E-state index is 12.3. The molecular weight excluding hydrogens is 336 g/mol. The highest BCUT2D eigenvalue weighted by Crippen LogP contribution is 2.10. The quantitative estimate of drug-likeness (QED) is 0.680. The van der Waals surface area contributed by atoms with Gasteiger partial charge in [-0.15, -0.1) is 0 Å². The van der Waals surface area contributed by atoms with Crippen molar-refractivity contribution < 1.29 is 23.9 Å². The normalized spacial score (nSPS) is 17.6. The topological polar surface area (TPSA) is 93.7 Å². The number of carbonyl (C=O) groups excluding carboxylic acids is 3. The zero-order valence-electron chi connectivity index (χ0n) is 15.2. The van der Waals surface area contributed by atoms with Gasteiger partial charge < -0.3 is 20.1 Å². The van der Waals surface area contributed by atoms with E-state index >= 15 is 0 Å². The smallest absolute Gasteiger partial charge is 0.329 e. The van der Waals surface area contributed by atoms with Crippen LogP contribution in [0.25, 0.3) is 0 Å². The molecule has 0 bridgehead atoms. The molecule has 2 amide bonds. The molecule has 2 rings (SSSR count). The van der Waals surface area contributed by atoms with Crippen molar-refractivity contribution in [1.82, 2.24) is 10.6 Å². The SMILES string of the molecule is CC(C)[C@H](NC(=O)c1ccccc1)C(=O)OCC(=O)NC[C@H]1CCCO1. The minimum Gasteiger partial charge on any atom is -0.454 e. The van der Waals surface area contributed by atoms with Crippen LogP contribution in [0.3, 0.4) is 0 Å². The number of amides is 2. The summed E-state index contributed by atoms with van der Waals surface area (Å²) >= 11 is 0. The van der Waals surface area contributed by atoms with E-state index in [1.807, 2.05) is 0 Å². The number of benzene rings is 1. The number of rotatable bonds is 8. The summed E-state index contributed by atoms with van der Waals surface area (Å²) in [5.41, 5.74) is 0.459. The molecule has 0 radical (unpaired) electrons. The minimum atomic E-state index is -0.825. The van der Waals surface area contributed by atoms with Gasteiger partial charge in [0.1, 0.15) is 6.04 Å². The van der Waals surface area contributed by atoms with Crippen LogP contribution in [0, 0.1) is 5.92 Å². The summed E-state index contributed by atoms with van der Waals surface area (Å²) < 4.78 is 10.5. The number of hydrogen-bond acceptors (Lipinski definition) is 5. The Labute approximate surface area is 153 Å². The molecule has 0 aliphatic carbocycles. The predicted molar refractivity (Wildman–Crippen MR) is 95.5 cm³/mol. The molecular formula is C19H26N2O5. The number of ether oxygens (including phenoxy) is 2. The molecule has 7 heteroatoms. The van der Waals surface area contributed by atoms with Gasteiger partial charge in [0.2, 0.25) is 0 Å². The van der Waals surface area contributed by atoms with Crippen molar-refractivity contribution in [2.24, 2.45) is 5.92 Å². The van der Waals surface area contributed by atoms with E-state index in [1.165, 1.54) is 0 Å². The highest BCUT2D eigenvalue weighted by Gasteiger charge is 2.27. The first-order valence-corrected chi connectivity index (χ1v) is 8.88. The molecule has 1 saturated heterocycles. The Kier molecular flexibility index (Phi) is 7.59. The molecule has 1 aromatic rings. The zero-order chi connectivity index (χ0) is 18.9. The lowest BCUT2D eigenvalue weighted by Crippen LogP contribution is -2.46. The van der Waals surface area contributed by atoms with Crippen molar-refractivity contribution >= 4 is 17.8 Å². The Morgan fingerprint density at radius 1 is 1.23 bits per heavy atom. The number of esters is 1. The second kappa shape index (κ2) is 9.91. The molecule has 1 aliphatic rings. The number of carbonyl (C=O) groups is 3. The van der Waals surface area contributed by atoms with Crippen LogP contribution < -0.4 is 10.6 Å². The Balaban J connectivity index is 1.79. The first kappa shape index (κ1) is 19.9. The Bertz CT molecular complexity index is 612. The van der Waals surface area contributed by atoms with Crippen LogP contribution in [0.1, 0.15) is 37.0 Å². The molecule has 142 valence electrons. The Morgan fingerprint density at radius 2 is 1.96 bits per heavy atom. The van der Waals surface area contributed by atoms with Gasteiger partial charge in [0.25, 0.3) is 11.8 Å². The number of nitrogens with one attached hydrogen (secondary N) is 2. The third kappa shape index (κ3) is 6.15. The summed E-state index contributed by atoms with van der Waals surface area (Å²) in [5.74, 6) is -1.54. The van der Waals surface area contributed by atoms with Gasteiger partial charge >= 0.3 is 5.97 Å². The third-order valence-electron chi connectivity index (χ3n) is 4.14. The zero-order valence-corrected chi connectivity index (χ0v) is 15.2. The average Bonchev–Trinajstić information content (AvgIpc) is 3.16. The van der Waals surface area contributed by atoms with E-state index in [0.29, 0.717) is 18.7 Å². The first-order valence-electron chi connectivity index (χ1n) is 8.88. The molecule has 1 heterocycles. The second-order valence-corrected chi connectivity index (χ2v) is 6.61. The summed E-state index contributed by atoms with van der Waals surface area (Å²) in [6.07, 6.45) is 1.94. The van der Waals surface area contributed by atoms with Gasteiger partial charge in [-0.05, 0) is 30.9 Å². The second-order valence-electron chi connectivity index (χ2n) is 6.61. The van der Waals surface area contributed by atoms with E-state index < -0.39 is 12.0 Å². The van der Waals surface area contributed by atoms with Gasteiger partial charge in [0, 0.05) is 18.7 Å². The average molecular weight is 362 g/mol. The minimum absolute atomic E-state index is 0.0308. The van der Waals surface area contributed by atoms with Gasteiger partial charge in [-0.3, -0.25) is 9.59 Å². The van der Waals surface area contributed by atoms with E-state index in [-0.39, 0.29) is 30.4 Å². The fourth-order valence-electron chi connectivity index (χ4n) is 2.62. The van der Waals surface area contributed by atoms with Crippen molar-refractivity contribution in [3.05, 3.63) is 35.9 Å². The fourth-order valence-corrected chi connectivity index (χ4v) is 2.62. The van der Waals surface area contributed by atoms with Crippen LogP contribution >= 0.6 is 0 Å². The molecule has 2 atom stereocenters. The van der Waals surface area contributed by atoms with E-state index in [2.05, 4.69) is 10.6 Å². The van der Waals surface area contributed by atoms with Crippen molar-refractivity contribution in [2.45, 2.75) is 38.8 Å². The molecule has 2 N–H and O–H groups in total. The van der Waals surface area contributed by atoms with Crippen LogP contribution in [0.15, 0.2) is 30.3 Å².